The topological polar surface area (TPSA) is 34.1 Å². The number of allylic oxidation sites excluding steroid dienone is 2. The van der Waals surface area contributed by atoms with Crippen molar-refractivity contribution in [3.8, 4) is 0 Å². The molecule has 2 aliphatic carbocycles. The van der Waals surface area contributed by atoms with Crippen molar-refractivity contribution in [1.29, 1.82) is 0 Å². The van der Waals surface area contributed by atoms with Crippen molar-refractivity contribution in [3.63, 3.8) is 0 Å². The fourth-order valence-corrected chi connectivity index (χ4v) is 4.36. The predicted octanol–water partition coefficient (Wildman–Crippen LogP) is 5.80. The fourth-order valence-electron chi connectivity index (χ4n) is 4.10. The molecule has 3 heteroatoms. The quantitative estimate of drug-likeness (QED) is 0.679. The van der Waals surface area contributed by atoms with Crippen LogP contribution < -0.4 is 0 Å². The molecular formula is C21H25ClO2. The molecule has 0 N–H and O–H groups in total. The Morgan fingerprint density at radius 3 is 2.04 bits per heavy atom. The van der Waals surface area contributed by atoms with Gasteiger partial charge in [-0.3, -0.25) is 9.59 Å². The van der Waals surface area contributed by atoms with Crippen LogP contribution in [0.25, 0.3) is 0 Å². The first-order valence-electron chi connectivity index (χ1n) is 8.86. The van der Waals surface area contributed by atoms with Gasteiger partial charge in [0.05, 0.1) is 5.03 Å². The van der Waals surface area contributed by atoms with Gasteiger partial charge in [-0.25, -0.2) is 0 Å². The molecule has 0 amide bonds. The summed E-state index contributed by atoms with van der Waals surface area (Å²) in [5, 5.41) is 0.136. The van der Waals surface area contributed by atoms with E-state index in [1.54, 1.807) is 24.3 Å². The van der Waals surface area contributed by atoms with Gasteiger partial charge in [0.2, 0.25) is 5.78 Å². The van der Waals surface area contributed by atoms with Gasteiger partial charge in [0, 0.05) is 16.7 Å². The van der Waals surface area contributed by atoms with Gasteiger partial charge >= 0.3 is 0 Å². The third kappa shape index (κ3) is 3.21. The van der Waals surface area contributed by atoms with Crippen LogP contribution in [0.2, 0.25) is 0 Å². The van der Waals surface area contributed by atoms with Gasteiger partial charge in [0.15, 0.2) is 5.78 Å². The van der Waals surface area contributed by atoms with Gasteiger partial charge in [-0.15, -0.1) is 0 Å². The molecule has 0 unspecified atom stereocenters. The normalized spacial score (nSPS) is 25.0. The molecule has 0 spiro atoms. The molecular weight excluding hydrogens is 320 g/mol. The molecule has 0 radical (unpaired) electrons. The van der Waals surface area contributed by atoms with Crippen LogP contribution in [0.1, 0.15) is 73.6 Å². The second-order valence-electron chi connectivity index (χ2n) is 8.28. The van der Waals surface area contributed by atoms with E-state index >= 15 is 0 Å². The van der Waals surface area contributed by atoms with E-state index in [2.05, 4.69) is 20.8 Å². The van der Waals surface area contributed by atoms with Gasteiger partial charge in [-0.05, 0) is 49.4 Å². The molecule has 0 saturated heterocycles. The molecule has 1 fully saturated rings. The first-order chi connectivity index (χ1) is 11.3. The average Bonchev–Trinajstić information content (AvgIpc) is 2.56. The molecule has 1 aromatic rings. The molecule has 1 saturated carbocycles. The predicted molar refractivity (Wildman–Crippen MR) is 97.5 cm³/mol. The van der Waals surface area contributed by atoms with Crippen molar-refractivity contribution in [2.45, 2.75) is 52.9 Å². The van der Waals surface area contributed by atoms with E-state index in [1.807, 2.05) is 0 Å². The molecule has 0 atom stereocenters. The summed E-state index contributed by atoms with van der Waals surface area (Å²) < 4.78 is 0. The lowest BCUT2D eigenvalue weighted by molar-refractivity contribution is 0.0969. The molecule has 0 aromatic heterocycles. The van der Waals surface area contributed by atoms with Crippen LogP contribution in [-0.2, 0) is 0 Å². The highest BCUT2D eigenvalue weighted by Crippen LogP contribution is 2.42. The van der Waals surface area contributed by atoms with Gasteiger partial charge < -0.3 is 0 Å². The lowest BCUT2D eigenvalue weighted by atomic mass is 9.68. The summed E-state index contributed by atoms with van der Waals surface area (Å²) in [5.74, 6) is 0.926. The minimum absolute atomic E-state index is 0.0619. The van der Waals surface area contributed by atoms with E-state index in [9.17, 15) is 9.59 Å². The third-order valence-corrected chi connectivity index (χ3v) is 6.12. The minimum atomic E-state index is -0.203. The van der Waals surface area contributed by atoms with E-state index < -0.39 is 0 Å². The molecule has 0 aliphatic heterocycles. The molecule has 2 aliphatic rings. The van der Waals surface area contributed by atoms with Crippen molar-refractivity contribution in [1.82, 2.24) is 0 Å². The van der Waals surface area contributed by atoms with Gasteiger partial charge in [0.1, 0.15) is 0 Å². The van der Waals surface area contributed by atoms with E-state index in [-0.39, 0.29) is 16.6 Å². The maximum Gasteiger partial charge on any atom is 0.205 e. The number of benzene rings is 1. The second-order valence-corrected chi connectivity index (χ2v) is 8.66. The van der Waals surface area contributed by atoms with Crippen LogP contribution >= 0.6 is 11.6 Å². The van der Waals surface area contributed by atoms with Crippen LogP contribution in [0.3, 0.4) is 0 Å². The van der Waals surface area contributed by atoms with Crippen molar-refractivity contribution >= 4 is 23.2 Å². The van der Waals surface area contributed by atoms with E-state index in [0.29, 0.717) is 34.5 Å². The summed E-state index contributed by atoms with van der Waals surface area (Å²) in [6.07, 6.45) is 5.24. The minimum Gasteiger partial charge on any atom is -0.289 e. The smallest absolute Gasteiger partial charge is 0.205 e. The highest BCUT2D eigenvalue weighted by atomic mass is 35.5. The Labute approximate surface area is 149 Å². The van der Waals surface area contributed by atoms with Gasteiger partial charge in [-0.1, -0.05) is 56.6 Å². The largest absolute Gasteiger partial charge is 0.289 e. The van der Waals surface area contributed by atoms with Crippen molar-refractivity contribution in [2.24, 2.45) is 17.3 Å². The number of halogens is 1. The summed E-state index contributed by atoms with van der Waals surface area (Å²) in [6.45, 7) is 6.91. The zero-order valence-corrected chi connectivity index (χ0v) is 15.5. The lowest BCUT2D eigenvalue weighted by Crippen LogP contribution is -2.27. The zero-order valence-electron chi connectivity index (χ0n) is 14.7. The monoisotopic (exact) mass is 344 g/mol. The van der Waals surface area contributed by atoms with Crippen LogP contribution in [0, 0.1) is 17.3 Å². The fraction of sp³-hybridized carbons (Fsp3) is 0.524. The second kappa shape index (κ2) is 6.48. The van der Waals surface area contributed by atoms with Crippen LogP contribution in [0.15, 0.2) is 34.9 Å². The van der Waals surface area contributed by atoms with Crippen LogP contribution in [0.4, 0.5) is 0 Å². The molecule has 24 heavy (non-hydrogen) atoms. The van der Waals surface area contributed by atoms with Crippen molar-refractivity contribution in [3.05, 3.63) is 46.0 Å². The number of hydrogen-bond acceptors (Lipinski definition) is 2. The Balaban J connectivity index is 1.76. The molecule has 0 bridgehead atoms. The Morgan fingerprint density at radius 2 is 1.50 bits per heavy atom. The highest BCUT2D eigenvalue weighted by molar-refractivity contribution is 6.50. The Kier molecular flexibility index (Phi) is 4.70. The Morgan fingerprint density at radius 1 is 0.958 bits per heavy atom. The third-order valence-electron chi connectivity index (χ3n) is 5.72. The maximum absolute atomic E-state index is 12.8. The molecule has 2 nitrogen and oxygen atoms in total. The molecule has 3 rings (SSSR count). The van der Waals surface area contributed by atoms with E-state index in [4.69, 9.17) is 11.6 Å². The summed E-state index contributed by atoms with van der Waals surface area (Å²) in [4.78, 5) is 25.2. The number of hydrogen-bond donors (Lipinski definition) is 0. The van der Waals surface area contributed by atoms with Crippen LogP contribution in [0.5, 0.6) is 0 Å². The summed E-state index contributed by atoms with van der Waals surface area (Å²) in [5.41, 5.74) is 1.81. The van der Waals surface area contributed by atoms with Crippen molar-refractivity contribution in [2.75, 3.05) is 0 Å². The highest BCUT2D eigenvalue weighted by Gasteiger charge is 2.34. The van der Waals surface area contributed by atoms with E-state index in [0.717, 1.165) is 18.8 Å². The molecule has 1 aromatic carbocycles. The van der Waals surface area contributed by atoms with Crippen LogP contribution in [-0.4, -0.2) is 11.6 Å². The number of carbonyl (C=O) groups is 2. The number of Topliss-reactive ketones (excluding diaryl/α,β-unsaturated/α-hetero) is 2. The van der Waals surface area contributed by atoms with Crippen molar-refractivity contribution < 1.29 is 9.59 Å². The number of ketones is 2. The lowest BCUT2D eigenvalue weighted by Gasteiger charge is -2.37. The summed E-state index contributed by atoms with van der Waals surface area (Å²) in [7, 11) is 0. The van der Waals surface area contributed by atoms with E-state index in [1.165, 1.54) is 12.8 Å². The SMILES string of the molecule is CC(C)(C)C1CCC(CC2=C(Cl)C(=O)c3ccccc3C2=O)CC1. The first-order valence-corrected chi connectivity index (χ1v) is 9.24. The molecule has 128 valence electrons. The Bertz CT molecular complexity index is 701. The van der Waals surface area contributed by atoms with Gasteiger partial charge in [0.25, 0.3) is 0 Å². The summed E-state index contributed by atoms with van der Waals surface area (Å²) >= 11 is 6.29. The zero-order chi connectivity index (χ0) is 17.5. The average molecular weight is 345 g/mol. The first kappa shape index (κ1) is 17.4. The number of fused-ring (bicyclic) bond motifs is 1. The summed E-state index contributed by atoms with van der Waals surface area (Å²) in [6, 6.07) is 6.99. The standard InChI is InChI=1S/C21H25ClO2/c1-21(2,3)14-10-8-13(9-11-14)12-17-18(22)20(24)16-7-5-4-6-15(16)19(17)23/h4-7,13-14H,8-12H2,1-3H3. The van der Waals surface area contributed by atoms with Gasteiger partial charge in [-0.2, -0.15) is 0 Å². The number of rotatable bonds is 2. The Hall–Kier alpha value is -1.41. The molecule has 0 heterocycles. The maximum atomic E-state index is 12.8. The number of carbonyl (C=O) groups excluding carboxylic acids is 2.